The molecule has 10 heteroatoms. The fraction of sp³-hybridized carbons (Fsp3) is 0.405. The van der Waals surface area contributed by atoms with Crippen molar-refractivity contribution in [2.75, 3.05) is 5.75 Å². The van der Waals surface area contributed by atoms with Gasteiger partial charge in [-0.15, -0.1) is 11.8 Å². The maximum Gasteiger partial charge on any atom is 0.338 e. The summed E-state index contributed by atoms with van der Waals surface area (Å²) in [5.41, 5.74) is 5.86. The van der Waals surface area contributed by atoms with Crippen LogP contribution >= 0.6 is 11.8 Å². The number of pyridine rings is 1. The van der Waals surface area contributed by atoms with Crippen LogP contribution in [0.4, 0.5) is 4.79 Å². The smallest absolute Gasteiger partial charge is 0.338 e. The minimum absolute atomic E-state index is 0.0240. The molecular formula is C42H45N3O6S. The number of ether oxygens (including phenoxy) is 2. The van der Waals surface area contributed by atoms with Crippen LogP contribution in [0, 0.1) is 17.8 Å². The molecule has 52 heavy (non-hydrogen) atoms. The lowest BCUT2D eigenvalue weighted by Crippen LogP contribution is -2.61. The van der Waals surface area contributed by atoms with Crippen LogP contribution in [0.5, 0.6) is 0 Å². The number of rotatable bonds is 11. The van der Waals surface area contributed by atoms with Crippen molar-refractivity contribution in [3.05, 3.63) is 119 Å². The number of hydrogen-bond donors (Lipinski definition) is 4. The van der Waals surface area contributed by atoms with Gasteiger partial charge in [0.2, 0.25) is 0 Å². The summed E-state index contributed by atoms with van der Waals surface area (Å²) in [6.07, 6.45) is 8.38. The molecule has 2 heterocycles. The van der Waals surface area contributed by atoms with E-state index < -0.39 is 12.3 Å². The second kappa shape index (κ2) is 15.0. The van der Waals surface area contributed by atoms with Gasteiger partial charge in [-0.1, -0.05) is 60.7 Å². The number of nitrogens with one attached hydrogen (secondary N) is 2. The van der Waals surface area contributed by atoms with Gasteiger partial charge in [0.15, 0.2) is 6.29 Å². The molecule has 270 valence electrons. The highest BCUT2D eigenvalue weighted by atomic mass is 32.2. The number of amides is 2. The Bertz CT molecular complexity index is 1880. The fourth-order valence-corrected chi connectivity index (χ4v) is 10.3. The lowest BCUT2D eigenvalue weighted by atomic mass is 9.53. The molecule has 1 aromatic heterocycles. The van der Waals surface area contributed by atoms with Gasteiger partial charge in [0.05, 0.1) is 24.4 Å². The number of carboxylic acids is 1. The van der Waals surface area contributed by atoms with E-state index >= 15 is 0 Å². The molecule has 9 rings (SSSR count). The summed E-state index contributed by atoms with van der Waals surface area (Å²) < 4.78 is 13.2. The molecule has 1 aliphatic heterocycles. The molecule has 3 aromatic carbocycles. The number of thioether (sulfide) groups is 1. The number of aromatic nitrogens is 1. The first-order valence-corrected chi connectivity index (χ1v) is 19.4. The zero-order chi connectivity index (χ0) is 35.7. The lowest BCUT2D eigenvalue weighted by Gasteiger charge is -2.56. The molecule has 5 aliphatic rings. The summed E-state index contributed by atoms with van der Waals surface area (Å²) in [4.78, 5) is 29.3. The first-order valence-electron chi connectivity index (χ1n) is 18.4. The van der Waals surface area contributed by atoms with E-state index in [1.165, 1.54) is 31.0 Å². The normalized spacial score (nSPS) is 27.6. The number of aliphatic hydroxyl groups excluding tert-OH is 1. The second-order valence-corrected chi connectivity index (χ2v) is 16.2. The Morgan fingerprint density at radius 1 is 0.808 bits per heavy atom. The Balaban J connectivity index is 0.962. The van der Waals surface area contributed by atoms with Crippen molar-refractivity contribution in [3.8, 4) is 11.1 Å². The van der Waals surface area contributed by atoms with Crippen molar-refractivity contribution in [3.63, 3.8) is 0 Å². The van der Waals surface area contributed by atoms with Gasteiger partial charge in [0.25, 0.3) is 0 Å². The van der Waals surface area contributed by atoms with E-state index in [1.54, 1.807) is 18.3 Å². The summed E-state index contributed by atoms with van der Waals surface area (Å²) >= 11 is 1.37. The van der Waals surface area contributed by atoms with Gasteiger partial charge < -0.3 is 30.3 Å². The van der Waals surface area contributed by atoms with Crippen LogP contribution in [0.2, 0.25) is 0 Å². The molecular weight excluding hydrogens is 675 g/mol. The largest absolute Gasteiger partial charge is 0.478 e. The number of aromatic carboxylic acids is 1. The van der Waals surface area contributed by atoms with Crippen LogP contribution < -0.4 is 10.6 Å². The molecule has 9 nitrogen and oxygen atoms in total. The number of urea groups is 1. The minimum Gasteiger partial charge on any atom is -0.478 e. The molecule has 3 atom stereocenters. The molecule has 4 aromatic rings. The Morgan fingerprint density at radius 2 is 1.52 bits per heavy atom. The van der Waals surface area contributed by atoms with Crippen molar-refractivity contribution in [1.82, 2.24) is 15.6 Å². The van der Waals surface area contributed by atoms with Gasteiger partial charge in [-0.3, -0.25) is 0 Å². The number of carbonyl (C=O) groups excluding carboxylic acids is 1. The number of benzene rings is 3. The van der Waals surface area contributed by atoms with Crippen LogP contribution in [0.25, 0.3) is 11.1 Å². The Hall–Kier alpha value is -4.22. The topological polar surface area (TPSA) is 130 Å². The number of carbonyl (C=O) groups is 2. The van der Waals surface area contributed by atoms with E-state index in [4.69, 9.17) is 9.47 Å². The maximum absolute atomic E-state index is 13.1. The quantitative estimate of drug-likeness (QED) is 0.115. The van der Waals surface area contributed by atoms with Crippen LogP contribution in [0.3, 0.4) is 0 Å². The molecule has 4 saturated carbocycles. The summed E-state index contributed by atoms with van der Waals surface area (Å²) in [5.74, 6) is 1.80. The third-order valence-corrected chi connectivity index (χ3v) is 12.4. The van der Waals surface area contributed by atoms with Crippen molar-refractivity contribution in [1.29, 1.82) is 0 Å². The third-order valence-electron chi connectivity index (χ3n) is 11.3. The summed E-state index contributed by atoms with van der Waals surface area (Å²) in [6.45, 7) is 0.405. The van der Waals surface area contributed by atoms with Gasteiger partial charge >= 0.3 is 12.0 Å². The van der Waals surface area contributed by atoms with E-state index in [9.17, 15) is 19.8 Å². The molecule has 0 spiro atoms. The standard InChI is InChI=1S/C42H45N3O6S/c46-24-26-9-11-31(12-10-26)37-19-35(25-52-38-36(39(47)48)8-3-13-43-38)50-40(51-37)34-7-2-6-33(18-34)32-5-1-4-27(17-32)23-44-41(49)45-42-20-28-14-29(21-42)16-30(15-28)22-42/h1-13,17-18,28-30,35,37,40,46H,14-16,19-25H2,(H,47,48)(H2,44,45,49)/t28?,29?,30?,35-,37+,40+,42?/m0/s1. The molecule has 4 N–H and O–H groups in total. The van der Waals surface area contributed by atoms with Crippen molar-refractivity contribution >= 4 is 23.8 Å². The van der Waals surface area contributed by atoms with Gasteiger partial charge in [0.1, 0.15) is 5.03 Å². The van der Waals surface area contributed by atoms with Gasteiger partial charge in [-0.05, 0) is 108 Å². The molecule has 4 bridgehead atoms. The second-order valence-electron chi connectivity index (χ2n) is 15.2. The zero-order valence-electron chi connectivity index (χ0n) is 29.1. The number of nitrogens with zero attached hydrogens (tertiary/aromatic N) is 1. The monoisotopic (exact) mass is 719 g/mol. The highest BCUT2D eigenvalue weighted by molar-refractivity contribution is 7.99. The SMILES string of the molecule is O=C(NCc1cccc(-c2cccc([C@@H]3O[C@H](CSc4ncccc4C(=O)O)C[C@H](c4ccc(CO)cc4)O3)c2)c1)NC12CC3CC(CC(C3)C1)C2. The van der Waals surface area contributed by atoms with E-state index in [-0.39, 0.29) is 35.9 Å². The summed E-state index contributed by atoms with van der Waals surface area (Å²) in [5, 5.41) is 26.3. The summed E-state index contributed by atoms with van der Waals surface area (Å²) in [6, 6.07) is 27.2. The molecule has 1 saturated heterocycles. The molecule has 0 radical (unpaired) electrons. The van der Waals surface area contributed by atoms with Crippen LogP contribution in [-0.2, 0) is 22.6 Å². The van der Waals surface area contributed by atoms with Gasteiger partial charge in [-0.2, -0.15) is 0 Å². The maximum atomic E-state index is 13.1. The first-order chi connectivity index (χ1) is 25.3. The van der Waals surface area contributed by atoms with Crippen LogP contribution in [-0.4, -0.2) is 44.6 Å². The zero-order valence-corrected chi connectivity index (χ0v) is 29.9. The van der Waals surface area contributed by atoms with Crippen molar-refractivity contribution in [2.24, 2.45) is 17.8 Å². The van der Waals surface area contributed by atoms with Gasteiger partial charge in [0, 0.05) is 36.0 Å². The number of carboxylic acid groups (broad SMARTS) is 1. The average Bonchev–Trinajstić information content (AvgIpc) is 3.16. The lowest BCUT2D eigenvalue weighted by molar-refractivity contribution is -0.245. The van der Waals surface area contributed by atoms with E-state index in [1.807, 2.05) is 48.5 Å². The first kappa shape index (κ1) is 34.8. The highest BCUT2D eigenvalue weighted by Gasteiger charge is 2.51. The predicted molar refractivity (Wildman–Crippen MR) is 198 cm³/mol. The Labute approximate surface area is 308 Å². The molecule has 5 fully saturated rings. The van der Waals surface area contributed by atoms with Crippen molar-refractivity contribution in [2.45, 2.75) is 87.2 Å². The Kier molecular flexibility index (Phi) is 10.1. The fourth-order valence-electron chi connectivity index (χ4n) is 9.32. The number of aliphatic hydroxyl groups is 1. The molecule has 0 unspecified atom stereocenters. The third kappa shape index (κ3) is 7.76. The van der Waals surface area contributed by atoms with Crippen LogP contribution in [0.1, 0.15) is 90.0 Å². The predicted octanol–water partition coefficient (Wildman–Crippen LogP) is 8.04. The van der Waals surface area contributed by atoms with E-state index in [0.29, 0.717) is 23.7 Å². The van der Waals surface area contributed by atoms with Gasteiger partial charge in [-0.25, -0.2) is 14.6 Å². The average molecular weight is 720 g/mol. The van der Waals surface area contributed by atoms with Crippen LogP contribution in [0.15, 0.2) is 96.2 Å². The number of hydrogen-bond acceptors (Lipinski definition) is 7. The summed E-state index contributed by atoms with van der Waals surface area (Å²) in [7, 11) is 0. The highest BCUT2D eigenvalue weighted by Crippen LogP contribution is 2.55. The molecule has 4 aliphatic carbocycles. The van der Waals surface area contributed by atoms with E-state index in [0.717, 1.165) is 70.4 Å². The van der Waals surface area contributed by atoms with E-state index in [2.05, 4.69) is 39.9 Å². The Morgan fingerprint density at radius 3 is 2.23 bits per heavy atom. The van der Waals surface area contributed by atoms with Crippen molar-refractivity contribution < 1.29 is 29.3 Å². The minimum atomic E-state index is -1.01. The molecule has 2 amide bonds.